The third kappa shape index (κ3) is 5.20. The molecule has 3 aromatic carbocycles. The Morgan fingerprint density at radius 3 is 2.24 bits per heavy atom. The zero-order valence-corrected chi connectivity index (χ0v) is 16.7. The van der Waals surface area contributed by atoms with E-state index in [1.807, 2.05) is 30.3 Å². The number of halogens is 1. The van der Waals surface area contributed by atoms with Crippen LogP contribution in [0.25, 0.3) is 0 Å². The van der Waals surface area contributed by atoms with Gasteiger partial charge in [0.25, 0.3) is 5.91 Å². The van der Waals surface area contributed by atoms with E-state index in [0.29, 0.717) is 5.56 Å². The lowest BCUT2D eigenvalue weighted by Crippen LogP contribution is -2.32. The van der Waals surface area contributed by atoms with E-state index in [0.717, 1.165) is 11.8 Å². The minimum absolute atomic E-state index is 0.00258. The highest BCUT2D eigenvalue weighted by atomic mass is 32.2. The molecule has 0 aliphatic heterocycles. The van der Waals surface area contributed by atoms with E-state index in [9.17, 15) is 17.6 Å². The van der Waals surface area contributed by atoms with Crippen molar-refractivity contribution < 1.29 is 17.6 Å². The Labute approximate surface area is 169 Å². The van der Waals surface area contributed by atoms with Crippen LogP contribution in [0.5, 0.6) is 0 Å². The van der Waals surface area contributed by atoms with Gasteiger partial charge in [0, 0.05) is 12.1 Å². The first kappa shape index (κ1) is 20.5. The van der Waals surface area contributed by atoms with E-state index < -0.39 is 21.7 Å². The summed E-state index contributed by atoms with van der Waals surface area (Å²) in [7, 11) is -3.65. The summed E-state index contributed by atoms with van der Waals surface area (Å²) in [4.78, 5) is 12.8. The number of nitrogens with zero attached hydrogens (tertiary/aromatic N) is 1. The minimum atomic E-state index is -3.65. The molecule has 0 aliphatic carbocycles. The Morgan fingerprint density at radius 2 is 1.55 bits per heavy atom. The maximum Gasteiger partial charge on any atom is 0.253 e. The number of rotatable bonds is 7. The van der Waals surface area contributed by atoms with Crippen molar-refractivity contribution in [3.05, 3.63) is 101 Å². The van der Waals surface area contributed by atoms with Crippen molar-refractivity contribution in [1.82, 2.24) is 5.32 Å². The number of amides is 1. The molecule has 0 bridgehead atoms. The number of anilines is 1. The second-order valence-electron chi connectivity index (χ2n) is 6.55. The maximum atomic E-state index is 13.8. The molecule has 29 heavy (non-hydrogen) atoms. The molecule has 0 atom stereocenters. The first-order valence-corrected chi connectivity index (χ1v) is 10.8. The molecule has 5 nitrogen and oxygen atoms in total. The molecule has 0 unspecified atom stereocenters. The second-order valence-corrected chi connectivity index (χ2v) is 8.45. The summed E-state index contributed by atoms with van der Waals surface area (Å²) < 4.78 is 40.0. The summed E-state index contributed by atoms with van der Waals surface area (Å²) in [5.74, 6) is -0.895. The standard InChI is InChI=1S/C22H21FN2O3S/c1-29(27,28)25(16-17-9-3-2-4-10-17)21-14-8-6-12-19(21)22(26)24-15-18-11-5-7-13-20(18)23/h2-14H,15-16H2,1H3,(H,24,26). The number of sulfonamides is 1. The van der Waals surface area contributed by atoms with Crippen LogP contribution in [0.1, 0.15) is 21.5 Å². The number of hydrogen-bond donors (Lipinski definition) is 1. The highest BCUT2D eigenvalue weighted by Gasteiger charge is 2.23. The smallest absolute Gasteiger partial charge is 0.253 e. The van der Waals surface area contributed by atoms with Crippen LogP contribution >= 0.6 is 0 Å². The summed E-state index contributed by atoms with van der Waals surface area (Å²) in [6.45, 7) is 0.0919. The van der Waals surface area contributed by atoms with Gasteiger partial charge < -0.3 is 5.32 Å². The fraction of sp³-hybridized carbons (Fsp3) is 0.136. The topological polar surface area (TPSA) is 66.5 Å². The monoisotopic (exact) mass is 412 g/mol. The molecule has 0 aliphatic rings. The molecular weight excluding hydrogens is 391 g/mol. The first-order valence-electron chi connectivity index (χ1n) is 8.98. The number of carbonyl (C=O) groups is 1. The number of para-hydroxylation sites is 1. The zero-order valence-electron chi connectivity index (χ0n) is 15.9. The predicted octanol–water partition coefficient (Wildman–Crippen LogP) is 3.72. The first-order chi connectivity index (χ1) is 13.9. The summed E-state index contributed by atoms with van der Waals surface area (Å²) in [5, 5.41) is 2.67. The van der Waals surface area contributed by atoms with Gasteiger partial charge in [-0.2, -0.15) is 0 Å². The minimum Gasteiger partial charge on any atom is -0.348 e. The summed E-state index contributed by atoms with van der Waals surface area (Å²) in [6, 6.07) is 21.8. The molecular formula is C22H21FN2O3S. The lowest BCUT2D eigenvalue weighted by molar-refractivity contribution is 0.0951. The molecule has 0 radical (unpaired) electrons. The highest BCUT2D eigenvalue weighted by molar-refractivity contribution is 7.92. The van der Waals surface area contributed by atoms with Gasteiger partial charge in [0.15, 0.2) is 0 Å². The molecule has 1 amide bonds. The highest BCUT2D eigenvalue weighted by Crippen LogP contribution is 2.25. The molecule has 3 rings (SSSR count). The van der Waals surface area contributed by atoms with Gasteiger partial charge >= 0.3 is 0 Å². The molecule has 0 spiro atoms. The molecule has 0 saturated carbocycles. The third-order valence-corrected chi connectivity index (χ3v) is 5.51. The number of hydrogen-bond acceptors (Lipinski definition) is 3. The van der Waals surface area contributed by atoms with Crippen LogP contribution in [0, 0.1) is 5.82 Å². The number of benzene rings is 3. The normalized spacial score (nSPS) is 11.1. The van der Waals surface area contributed by atoms with Crippen molar-refractivity contribution in [2.24, 2.45) is 0 Å². The Morgan fingerprint density at radius 1 is 0.931 bits per heavy atom. The Hall–Kier alpha value is -3.19. The van der Waals surface area contributed by atoms with Crippen molar-refractivity contribution in [3.63, 3.8) is 0 Å². The summed E-state index contributed by atoms with van der Waals surface area (Å²) in [6.07, 6.45) is 1.10. The zero-order chi connectivity index (χ0) is 20.9. The van der Waals surface area contributed by atoms with Crippen molar-refractivity contribution >= 4 is 21.6 Å². The van der Waals surface area contributed by atoms with Crippen LogP contribution in [0.3, 0.4) is 0 Å². The van der Waals surface area contributed by atoms with Gasteiger partial charge in [0.2, 0.25) is 10.0 Å². The van der Waals surface area contributed by atoms with Gasteiger partial charge in [-0.25, -0.2) is 12.8 Å². The van der Waals surface area contributed by atoms with Crippen molar-refractivity contribution in [3.8, 4) is 0 Å². The van der Waals surface area contributed by atoms with Crippen molar-refractivity contribution in [2.45, 2.75) is 13.1 Å². The van der Waals surface area contributed by atoms with Gasteiger partial charge in [-0.1, -0.05) is 60.7 Å². The van der Waals surface area contributed by atoms with Crippen LogP contribution in [-0.4, -0.2) is 20.6 Å². The number of carbonyl (C=O) groups excluding carboxylic acids is 1. The average molecular weight is 412 g/mol. The van der Waals surface area contributed by atoms with Crippen molar-refractivity contribution in [1.29, 1.82) is 0 Å². The Balaban J connectivity index is 1.89. The van der Waals surface area contributed by atoms with E-state index in [2.05, 4.69) is 5.32 Å². The van der Waals surface area contributed by atoms with E-state index >= 15 is 0 Å². The Kier molecular flexibility index (Phi) is 6.29. The van der Waals surface area contributed by atoms with Crippen LogP contribution in [-0.2, 0) is 23.1 Å². The molecule has 150 valence electrons. The summed E-state index contributed by atoms with van der Waals surface area (Å²) in [5.41, 5.74) is 1.61. The Bertz CT molecular complexity index is 1100. The molecule has 0 fully saturated rings. The van der Waals surface area contributed by atoms with Gasteiger partial charge in [-0.05, 0) is 23.8 Å². The van der Waals surface area contributed by atoms with Crippen LogP contribution in [0.4, 0.5) is 10.1 Å². The van der Waals surface area contributed by atoms with Gasteiger partial charge in [0.1, 0.15) is 5.82 Å². The van der Waals surface area contributed by atoms with Gasteiger partial charge in [-0.15, -0.1) is 0 Å². The maximum absolute atomic E-state index is 13.8. The quantitative estimate of drug-likeness (QED) is 0.643. The molecule has 1 N–H and O–H groups in total. The molecule has 0 aromatic heterocycles. The van der Waals surface area contributed by atoms with E-state index in [4.69, 9.17) is 0 Å². The predicted molar refractivity (Wildman–Crippen MR) is 111 cm³/mol. The number of nitrogens with one attached hydrogen (secondary N) is 1. The lowest BCUT2D eigenvalue weighted by atomic mass is 10.1. The molecule has 7 heteroatoms. The third-order valence-electron chi connectivity index (χ3n) is 4.38. The second kappa shape index (κ2) is 8.87. The van der Waals surface area contributed by atoms with Crippen LogP contribution in [0.2, 0.25) is 0 Å². The van der Waals surface area contributed by atoms with Gasteiger partial charge in [-0.3, -0.25) is 9.10 Å². The van der Waals surface area contributed by atoms with E-state index in [1.54, 1.807) is 42.5 Å². The largest absolute Gasteiger partial charge is 0.348 e. The fourth-order valence-corrected chi connectivity index (χ4v) is 3.83. The van der Waals surface area contributed by atoms with E-state index in [1.165, 1.54) is 10.4 Å². The fourth-order valence-electron chi connectivity index (χ4n) is 2.93. The van der Waals surface area contributed by atoms with Crippen LogP contribution in [0.15, 0.2) is 78.9 Å². The summed E-state index contributed by atoms with van der Waals surface area (Å²) >= 11 is 0. The molecule has 3 aromatic rings. The van der Waals surface area contributed by atoms with Gasteiger partial charge in [0.05, 0.1) is 24.1 Å². The lowest BCUT2D eigenvalue weighted by Gasteiger charge is -2.24. The average Bonchev–Trinajstić information content (AvgIpc) is 2.71. The molecule has 0 heterocycles. The van der Waals surface area contributed by atoms with Crippen molar-refractivity contribution in [2.75, 3.05) is 10.6 Å². The SMILES string of the molecule is CS(=O)(=O)N(Cc1ccccc1)c1ccccc1C(=O)NCc1ccccc1F. The van der Waals surface area contributed by atoms with Crippen LogP contribution < -0.4 is 9.62 Å². The van der Waals surface area contributed by atoms with E-state index in [-0.39, 0.29) is 24.3 Å². The molecule has 0 saturated heterocycles.